The van der Waals surface area contributed by atoms with Crippen LogP contribution in [0.3, 0.4) is 0 Å². The van der Waals surface area contributed by atoms with Gasteiger partial charge in [0.2, 0.25) is 5.91 Å². The van der Waals surface area contributed by atoms with Crippen molar-refractivity contribution in [2.75, 3.05) is 24.5 Å². The van der Waals surface area contributed by atoms with E-state index in [0.29, 0.717) is 11.5 Å². The maximum absolute atomic E-state index is 12.8. The molecule has 1 aromatic rings. The lowest BCUT2D eigenvalue weighted by Crippen LogP contribution is -2.41. The first kappa shape index (κ1) is 14.1. The maximum Gasteiger partial charge on any atom is 0.335 e. The first-order chi connectivity index (χ1) is 10.1. The minimum atomic E-state index is -0.921. The number of aromatic carboxylic acids is 1. The molecule has 2 atom stereocenters. The SMILES string of the molecule is C[C@@H]1CNC[C@H]1C(=O)N1CCCc2cc(C(=O)O)ccc21. The first-order valence-electron chi connectivity index (χ1n) is 7.46. The molecular weight excluding hydrogens is 268 g/mol. The van der Waals surface area contributed by atoms with Gasteiger partial charge >= 0.3 is 5.97 Å². The van der Waals surface area contributed by atoms with E-state index < -0.39 is 5.97 Å². The van der Waals surface area contributed by atoms with Crippen LogP contribution >= 0.6 is 0 Å². The van der Waals surface area contributed by atoms with Gasteiger partial charge in [-0.3, -0.25) is 4.79 Å². The average Bonchev–Trinajstić information content (AvgIpc) is 2.91. The number of carbonyl (C=O) groups is 2. The van der Waals surface area contributed by atoms with Crippen molar-refractivity contribution in [1.82, 2.24) is 5.32 Å². The number of fused-ring (bicyclic) bond motifs is 1. The number of carboxylic acid groups (broad SMARTS) is 1. The normalized spacial score (nSPS) is 24.7. The summed E-state index contributed by atoms with van der Waals surface area (Å²) < 4.78 is 0. The quantitative estimate of drug-likeness (QED) is 0.865. The summed E-state index contributed by atoms with van der Waals surface area (Å²) in [7, 11) is 0. The van der Waals surface area contributed by atoms with Gasteiger partial charge in [0.1, 0.15) is 0 Å². The number of anilines is 1. The van der Waals surface area contributed by atoms with Crippen LogP contribution in [0.2, 0.25) is 0 Å². The minimum Gasteiger partial charge on any atom is -0.478 e. The maximum atomic E-state index is 12.8. The van der Waals surface area contributed by atoms with E-state index in [1.165, 1.54) is 0 Å². The molecule has 0 aromatic heterocycles. The summed E-state index contributed by atoms with van der Waals surface area (Å²) in [5, 5.41) is 12.3. The monoisotopic (exact) mass is 288 g/mol. The van der Waals surface area contributed by atoms with Gasteiger partial charge in [-0.15, -0.1) is 0 Å². The molecule has 5 heteroatoms. The Morgan fingerprint density at radius 2 is 2.14 bits per heavy atom. The molecule has 0 unspecified atom stereocenters. The zero-order valence-corrected chi connectivity index (χ0v) is 12.1. The lowest BCUT2D eigenvalue weighted by Gasteiger charge is -2.32. The van der Waals surface area contributed by atoms with Gasteiger partial charge in [0.05, 0.1) is 11.5 Å². The number of hydrogen-bond donors (Lipinski definition) is 2. The van der Waals surface area contributed by atoms with Gasteiger partial charge in [-0.05, 0) is 49.1 Å². The molecule has 2 aliphatic heterocycles. The summed E-state index contributed by atoms with van der Waals surface area (Å²) >= 11 is 0. The molecule has 1 amide bonds. The van der Waals surface area contributed by atoms with Crippen LogP contribution in [0, 0.1) is 11.8 Å². The van der Waals surface area contributed by atoms with E-state index in [-0.39, 0.29) is 11.8 Å². The van der Waals surface area contributed by atoms with Crippen molar-refractivity contribution in [3.05, 3.63) is 29.3 Å². The number of carboxylic acids is 1. The van der Waals surface area contributed by atoms with Crippen LogP contribution in [0.1, 0.15) is 29.3 Å². The summed E-state index contributed by atoms with van der Waals surface area (Å²) in [6.07, 6.45) is 1.72. The molecule has 0 bridgehead atoms. The molecule has 2 heterocycles. The fourth-order valence-corrected chi connectivity index (χ4v) is 3.30. The molecule has 3 rings (SSSR count). The third-order valence-corrected chi connectivity index (χ3v) is 4.55. The minimum absolute atomic E-state index is 0.0232. The van der Waals surface area contributed by atoms with E-state index in [1.807, 2.05) is 4.90 Å². The van der Waals surface area contributed by atoms with Crippen LogP contribution in [-0.2, 0) is 11.2 Å². The van der Waals surface area contributed by atoms with Crippen molar-refractivity contribution in [3.8, 4) is 0 Å². The molecule has 21 heavy (non-hydrogen) atoms. The average molecular weight is 288 g/mol. The van der Waals surface area contributed by atoms with Crippen LogP contribution in [0.4, 0.5) is 5.69 Å². The molecule has 2 N–H and O–H groups in total. The van der Waals surface area contributed by atoms with Gasteiger partial charge in [-0.25, -0.2) is 4.79 Å². The Morgan fingerprint density at radius 1 is 1.33 bits per heavy atom. The second kappa shape index (κ2) is 5.48. The van der Waals surface area contributed by atoms with Crippen molar-refractivity contribution in [3.63, 3.8) is 0 Å². The molecule has 0 radical (unpaired) electrons. The molecule has 2 aliphatic rings. The van der Waals surface area contributed by atoms with Crippen molar-refractivity contribution in [2.24, 2.45) is 11.8 Å². The molecule has 1 aromatic carbocycles. The highest BCUT2D eigenvalue weighted by atomic mass is 16.4. The molecule has 1 fully saturated rings. The molecule has 0 aliphatic carbocycles. The van der Waals surface area contributed by atoms with Gasteiger partial charge in [-0.2, -0.15) is 0 Å². The van der Waals surface area contributed by atoms with Gasteiger partial charge in [0, 0.05) is 18.8 Å². The second-order valence-electron chi connectivity index (χ2n) is 5.98. The summed E-state index contributed by atoms with van der Waals surface area (Å²) in [4.78, 5) is 25.7. The third kappa shape index (κ3) is 2.53. The third-order valence-electron chi connectivity index (χ3n) is 4.55. The van der Waals surface area contributed by atoms with Gasteiger partial charge in [-0.1, -0.05) is 6.92 Å². The molecule has 5 nitrogen and oxygen atoms in total. The van der Waals surface area contributed by atoms with Crippen molar-refractivity contribution < 1.29 is 14.7 Å². The Labute approximate surface area is 123 Å². The summed E-state index contributed by atoms with van der Waals surface area (Å²) in [6.45, 7) is 4.44. The fraction of sp³-hybridized carbons (Fsp3) is 0.500. The lowest BCUT2D eigenvalue weighted by atomic mass is 9.93. The second-order valence-corrected chi connectivity index (χ2v) is 5.98. The Kier molecular flexibility index (Phi) is 3.68. The fourth-order valence-electron chi connectivity index (χ4n) is 3.30. The summed E-state index contributed by atoms with van der Waals surface area (Å²) in [5.41, 5.74) is 2.14. The molecule has 0 spiro atoms. The number of nitrogens with zero attached hydrogens (tertiary/aromatic N) is 1. The Bertz CT molecular complexity index is 585. The summed E-state index contributed by atoms with van der Waals surface area (Å²) in [6, 6.07) is 5.07. The highest BCUT2D eigenvalue weighted by Crippen LogP contribution is 2.31. The summed E-state index contributed by atoms with van der Waals surface area (Å²) in [5.74, 6) is -0.386. The Morgan fingerprint density at radius 3 is 2.81 bits per heavy atom. The van der Waals surface area contributed by atoms with Crippen LogP contribution < -0.4 is 10.2 Å². The molecule has 112 valence electrons. The predicted molar refractivity (Wildman–Crippen MR) is 79.6 cm³/mol. The van der Waals surface area contributed by atoms with Gasteiger partial charge < -0.3 is 15.3 Å². The van der Waals surface area contributed by atoms with E-state index in [1.54, 1.807) is 18.2 Å². The molecule has 1 saturated heterocycles. The molecule has 0 saturated carbocycles. The van der Waals surface area contributed by atoms with Crippen molar-refractivity contribution in [1.29, 1.82) is 0 Å². The first-order valence-corrected chi connectivity index (χ1v) is 7.46. The number of amides is 1. The number of hydrogen-bond acceptors (Lipinski definition) is 3. The van der Waals surface area contributed by atoms with E-state index >= 15 is 0 Å². The number of nitrogens with one attached hydrogen (secondary N) is 1. The Hall–Kier alpha value is -1.88. The number of benzene rings is 1. The highest BCUT2D eigenvalue weighted by molar-refractivity contribution is 5.97. The molecular formula is C16H20N2O3. The van der Waals surface area contributed by atoms with Crippen LogP contribution in [0.15, 0.2) is 18.2 Å². The smallest absolute Gasteiger partial charge is 0.335 e. The van der Waals surface area contributed by atoms with E-state index in [4.69, 9.17) is 5.11 Å². The van der Waals surface area contributed by atoms with Gasteiger partial charge in [0.15, 0.2) is 0 Å². The van der Waals surface area contributed by atoms with Crippen LogP contribution in [0.5, 0.6) is 0 Å². The van der Waals surface area contributed by atoms with Crippen molar-refractivity contribution >= 4 is 17.6 Å². The predicted octanol–water partition coefficient (Wildman–Crippen LogP) is 1.52. The number of carbonyl (C=O) groups excluding carboxylic acids is 1. The zero-order valence-electron chi connectivity index (χ0n) is 12.1. The number of rotatable bonds is 2. The topological polar surface area (TPSA) is 69.6 Å². The van der Waals surface area contributed by atoms with Crippen molar-refractivity contribution in [2.45, 2.75) is 19.8 Å². The van der Waals surface area contributed by atoms with E-state index in [0.717, 1.165) is 43.7 Å². The zero-order chi connectivity index (χ0) is 15.0. The standard InChI is InChI=1S/C16H20N2O3/c1-10-8-17-9-13(10)15(19)18-6-2-3-11-7-12(16(20)21)4-5-14(11)18/h4-5,7,10,13,17H,2-3,6,8-9H2,1H3,(H,20,21)/t10-,13-/m1/s1. The van der Waals surface area contributed by atoms with Crippen LogP contribution in [0.25, 0.3) is 0 Å². The van der Waals surface area contributed by atoms with Gasteiger partial charge in [0.25, 0.3) is 0 Å². The number of aryl methyl sites for hydroxylation is 1. The Balaban J connectivity index is 1.90. The van der Waals surface area contributed by atoms with E-state index in [2.05, 4.69) is 12.2 Å². The highest BCUT2D eigenvalue weighted by Gasteiger charge is 2.34. The van der Waals surface area contributed by atoms with Crippen LogP contribution in [-0.4, -0.2) is 36.6 Å². The largest absolute Gasteiger partial charge is 0.478 e. The lowest BCUT2D eigenvalue weighted by molar-refractivity contribution is -0.122. The van der Waals surface area contributed by atoms with E-state index in [9.17, 15) is 9.59 Å².